The van der Waals surface area contributed by atoms with Crippen molar-refractivity contribution in [1.82, 2.24) is 4.57 Å². The van der Waals surface area contributed by atoms with Crippen molar-refractivity contribution in [2.24, 2.45) is 0 Å². The second kappa shape index (κ2) is 51.6. The molecule has 0 N–H and O–H groups in total. The summed E-state index contributed by atoms with van der Waals surface area (Å²) in [6, 6.07) is 183. The minimum Gasteiger partial charge on any atom is -0.309 e. The van der Waals surface area contributed by atoms with Crippen molar-refractivity contribution in [3.63, 3.8) is 0 Å². The summed E-state index contributed by atoms with van der Waals surface area (Å²) in [4.78, 5) is 0. The molecule has 0 spiro atoms. The van der Waals surface area contributed by atoms with Crippen LogP contribution in [0.15, 0.2) is 510 Å². The third kappa shape index (κ3) is 19.6. The lowest BCUT2D eigenvalue weighted by atomic mass is 9.67. The van der Waals surface area contributed by atoms with E-state index in [0.29, 0.717) is 0 Å². The Morgan fingerprint density at radius 2 is 0.297 bits per heavy atom. The molecule has 1 nitrogen and oxygen atoms in total. The van der Waals surface area contributed by atoms with Crippen LogP contribution in [-0.4, -0.2) is 4.57 Å². The zero-order valence-corrected chi connectivity index (χ0v) is 84.9. The molecule has 138 heavy (non-hydrogen) atoms. The van der Waals surface area contributed by atoms with Gasteiger partial charge in [0.15, 0.2) is 0 Å². The molecule has 0 fully saturated rings. The highest BCUT2D eigenvalue weighted by molar-refractivity contribution is 6.09. The molecule has 0 amide bonds. The highest BCUT2D eigenvalue weighted by Crippen LogP contribution is 2.61. The van der Waals surface area contributed by atoms with Gasteiger partial charge in [0.25, 0.3) is 0 Å². The van der Waals surface area contributed by atoms with E-state index in [1.54, 1.807) is 0 Å². The van der Waals surface area contributed by atoms with E-state index in [9.17, 15) is 0 Å². The van der Waals surface area contributed by atoms with Crippen molar-refractivity contribution in [1.29, 1.82) is 0 Å². The van der Waals surface area contributed by atoms with Crippen LogP contribution in [-0.2, 0) is 21.7 Å². The van der Waals surface area contributed by atoms with E-state index in [2.05, 4.69) is 521 Å². The first kappa shape index (κ1) is 103. The molecular weight excluding hydrogens is 1660 g/mol. The number of benzene rings is 19. The SMILES string of the molecule is CC.CC.CC.CC.CC.CC.CC.CC.CC.Cc1cccc2c1-c1ccccc1C2(c1ccccc1)c1ccccc1.c1ccc(-n2c3ccccc3c3ccccc32)cc1.c1ccc(C2(c3ccccc3)c3ccccc3-c3ccccc32)cc1.c1ccc(C2(c3ccccc3)c3ccccc3-c3ccccc32)cc1.c1ccc(C2(c3ccccc3)c3ccccc3-c3ccccc32)cc1. The average molecular weight is 1800 g/mol. The van der Waals surface area contributed by atoms with Gasteiger partial charge in [0, 0.05) is 16.5 Å². The standard InChI is InChI=1S/C26H20.3C25H18.C18H13N.9C2H6/c1-19-11-10-18-24-25(19)22-16-8-9-17-23(22)26(24,20-12-4-2-5-13-20)21-14-6-3-7-15-21;3*1-3-11-19(12-4-1)25(20-13-5-2-6-14-20)23-17-9-7-15-21(23)22-16-8-10-18-24(22)25;1-2-8-14(9-3-1)19-17-12-6-4-10-15(17)16-11-5-7-13-18(16)19;9*1-2/h2-18H,1H3;3*1-18H;1-13H;9*1-2H3. The van der Waals surface area contributed by atoms with E-state index < -0.39 is 0 Å². The van der Waals surface area contributed by atoms with Crippen LogP contribution >= 0.6 is 0 Å². The summed E-state index contributed by atoms with van der Waals surface area (Å²) in [5.74, 6) is 0. The first-order valence-electron chi connectivity index (χ1n) is 50.8. The molecule has 0 aliphatic heterocycles. The summed E-state index contributed by atoms with van der Waals surface area (Å²) in [7, 11) is 0. The third-order valence-electron chi connectivity index (χ3n) is 25.4. The van der Waals surface area contributed by atoms with E-state index in [-0.39, 0.29) is 21.7 Å². The highest BCUT2D eigenvalue weighted by atomic mass is 15.0. The minimum absolute atomic E-state index is 0.254. The number of para-hydroxylation sites is 3. The van der Waals surface area contributed by atoms with E-state index in [1.165, 1.54) is 167 Å². The fourth-order valence-corrected chi connectivity index (χ4v) is 20.7. The van der Waals surface area contributed by atoms with Gasteiger partial charge >= 0.3 is 0 Å². The molecule has 694 valence electrons. The van der Waals surface area contributed by atoms with Crippen LogP contribution in [0.1, 0.15) is 219 Å². The van der Waals surface area contributed by atoms with Crippen molar-refractivity contribution >= 4 is 21.8 Å². The lowest BCUT2D eigenvalue weighted by molar-refractivity contribution is 0.768. The molecule has 0 bridgehead atoms. The van der Waals surface area contributed by atoms with Crippen molar-refractivity contribution < 1.29 is 0 Å². The number of aryl methyl sites for hydroxylation is 1. The molecule has 0 radical (unpaired) electrons. The Balaban J connectivity index is 0.000000159. The van der Waals surface area contributed by atoms with Crippen molar-refractivity contribution in [3.05, 3.63) is 604 Å². The molecule has 20 aromatic rings. The lowest BCUT2D eigenvalue weighted by Crippen LogP contribution is -2.28. The Morgan fingerprint density at radius 3 is 0.522 bits per heavy atom. The first-order valence-corrected chi connectivity index (χ1v) is 50.8. The van der Waals surface area contributed by atoms with Gasteiger partial charge in [0.2, 0.25) is 0 Å². The monoisotopic (exact) mass is 1800 g/mol. The molecule has 1 heterocycles. The molecule has 1 aromatic heterocycles. The molecule has 4 aliphatic rings. The topological polar surface area (TPSA) is 4.93 Å². The maximum Gasteiger partial charge on any atom is 0.0713 e. The van der Waals surface area contributed by atoms with Crippen LogP contribution in [0.3, 0.4) is 0 Å². The normalized spacial score (nSPS) is 12.1. The quantitative estimate of drug-likeness (QED) is 0.136. The largest absolute Gasteiger partial charge is 0.309 e. The molecule has 0 unspecified atom stereocenters. The van der Waals surface area contributed by atoms with Crippen LogP contribution in [0.25, 0.3) is 72.0 Å². The van der Waals surface area contributed by atoms with Crippen LogP contribution < -0.4 is 0 Å². The summed E-state index contributed by atoms with van der Waals surface area (Å²) in [6.07, 6.45) is 0. The molecule has 0 saturated carbocycles. The van der Waals surface area contributed by atoms with Gasteiger partial charge < -0.3 is 4.57 Å². The number of aromatic nitrogens is 1. The Labute approximate surface area is 828 Å². The molecule has 0 saturated heterocycles. The fourth-order valence-electron chi connectivity index (χ4n) is 20.7. The van der Waals surface area contributed by atoms with Crippen LogP contribution in [0.4, 0.5) is 0 Å². The summed E-state index contributed by atoms with van der Waals surface area (Å²) < 4.78 is 2.32. The van der Waals surface area contributed by atoms with Gasteiger partial charge in [-0.1, -0.05) is 610 Å². The van der Waals surface area contributed by atoms with Gasteiger partial charge in [-0.15, -0.1) is 0 Å². The smallest absolute Gasteiger partial charge is 0.0713 e. The van der Waals surface area contributed by atoms with Gasteiger partial charge in [0.05, 0.1) is 32.7 Å². The Morgan fingerprint density at radius 1 is 0.138 bits per heavy atom. The second-order valence-electron chi connectivity index (χ2n) is 31.5. The van der Waals surface area contributed by atoms with Crippen LogP contribution in [0, 0.1) is 6.92 Å². The molecule has 0 atom stereocenters. The number of fused-ring (bicyclic) bond motifs is 15. The third-order valence-corrected chi connectivity index (χ3v) is 25.4. The summed E-state index contributed by atoms with van der Waals surface area (Å²) in [5, 5.41) is 2.61. The first-order chi connectivity index (χ1) is 68.5. The van der Waals surface area contributed by atoms with Gasteiger partial charge in [-0.25, -0.2) is 0 Å². The van der Waals surface area contributed by atoms with E-state index >= 15 is 0 Å². The van der Waals surface area contributed by atoms with Crippen molar-refractivity contribution in [2.75, 3.05) is 0 Å². The van der Waals surface area contributed by atoms with Gasteiger partial charge in [-0.2, -0.15) is 0 Å². The maximum atomic E-state index is 2.32. The Hall–Kier alpha value is -15.0. The van der Waals surface area contributed by atoms with E-state index in [0.717, 1.165) is 0 Å². The molecule has 4 aliphatic carbocycles. The number of nitrogens with zero attached hydrogens (tertiary/aromatic N) is 1. The van der Waals surface area contributed by atoms with E-state index in [4.69, 9.17) is 0 Å². The highest BCUT2D eigenvalue weighted by Gasteiger charge is 2.50. The fraction of sp³-hybridized carbons (Fsp3) is 0.168. The summed E-state index contributed by atoms with van der Waals surface area (Å²) in [6.45, 7) is 38.2. The van der Waals surface area contributed by atoms with Gasteiger partial charge in [0.1, 0.15) is 0 Å². The Bertz CT molecular complexity index is 6230. The number of hydrogen-bond donors (Lipinski definition) is 0. The minimum atomic E-state index is -0.263. The zero-order valence-electron chi connectivity index (χ0n) is 84.9. The average Bonchev–Trinajstić information content (AvgIpc) is 1.54. The molecule has 19 aromatic carbocycles. The lowest BCUT2D eigenvalue weighted by Gasteiger charge is -2.33. The Kier molecular flexibility index (Phi) is 38.7. The predicted molar refractivity (Wildman–Crippen MR) is 603 cm³/mol. The maximum absolute atomic E-state index is 2.32. The zero-order chi connectivity index (χ0) is 98.3. The molecule has 1 heteroatoms. The molecular formula is C137H141N. The molecule has 24 rings (SSSR count). The van der Waals surface area contributed by atoms with Crippen LogP contribution in [0.2, 0.25) is 0 Å². The van der Waals surface area contributed by atoms with Crippen molar-refractivity contribution in [2.45, 2.75) is 153 Å². The number of rotatable bonds is 9. The second-order valence-corrected chi connectivity index (χ2v) is 31.5. The van der Waals surface area contributed by atoms with Gasteiger partial charge in [-0.05, 0) is 170 Å². The van der Waals surface area contributed by atoms with E-state index in [1.807, 2.05) is 125 Å². The summed E-state index contributed by atoms with van der Waals surface area (Å²) in [5.41, 5.74) is 36.3. The summed E-state index contributed by atoms with van der Waals surface area (Å²) >= 11 is 0. The predicted octanol–water partition coefficient (Wildman–Crippen LogP) is 38.5. The number of hydrogen-bond acceptors (Lipinski definition) is 0. The van der Waals surface area contributed by atoms with Gasteiger partial charge in [-0.3, -0.25) is 0 Å². The van der Waals surface area contributed by atoms with Crippen molar-refractivity contribution in [3.8, 4) is 50.2 Å². The van der Waals surface area contributed by atoms with Crippen LogP contribution in [0.5, 0.6) is 0 Å².